The quantitative estimate of drug-likeness (QED) is 0.475. The first-order valence-corrected chi connectivity index (χ1v) is 11.0. The number of H-pyrrole nitrogens is 1. The molecule has 1 aliphatic heterocycles. The molecule has 1 aliphatic rings. The van der Waals surface area contributed by atoms with Crippen LogP contribution in [0.5, 0.6) is 0 Å². The maximum atomic E-state index is 13.1. The van der Waals surface area contributed by atoms with Gasteiger partial charge in [0.15, 0.2) is 0 Å². The smallest absolute Gasteiger partial charge is 0.351 e. The summed E-state index contributed by atoms with van der Waals surface area (Å²) in [4.78, 5) is 39.9. The van der Waals surface area contributed by atoms with Crippen LogP contribution in [0.15, 0.2) is 6.07 Å². The Balaban J connectivity index is 2.15. The van der Waals surface area contributed by atoms with Gasteiger partial charge in [-0.25, -0.2) is 0 Å². The third-order valence-electron chi connectivity index (χ3n) is 5.56. The first-order chi connectivity index (χ1) is 15.4. The van der Waals surface area contributed by atoms with Gasteiger partial charge < -0.3 is 20.9 Å². The van der Waals surface area contributed by atoms with Gasteiger partial charge in [-0.2, -0.15) is 18.4 Å². The van der Waals surface area contributed by atoms with Gasteiger partial charge in [0.1, 0.15) is 23.5 Å². The van der Waals surface area contributed by atoms with E-state index in [9.17, 15) is 32.8 Å². The lowest BCUT2D eigenvalue weighted by atomic mass is 9.87. The van der Waals surface area contributed by atoms with E-state index in [1.54, 1.807) is 0 Å². The van der Waals surface area contributed by atoms with Crippen LogP contribution < -0.4 is 16.0 Å². The van der Waals surface area contributed by atoms with E-state index < -0.39 is 52.6 Å². The molecule has 1 aromatic rings. The molecule has 34 heavy (non-hydrogen) atoms. The number of hydrogen-bond acceptors (Lipinski definition) is 4. The maximum Gasteiger partial charge on any atom is 0.431 e. The predicted molar refractivity (Wildman–Crippen MR) is 118 cm³/mol. The minimum absolute atomic E-state index is 0.110. The van der Waals surface area contributed by atoms with Crippen molar-refractivity contribution in [3.05, 3.63) is 23.0 Å². The number of nitriles is 1. The lowest BCUT2D eigenvalue weighted by molar-refractivity contribution is -0.141. The third kappa shape index (κ3) is 7.23. The van der Waals surface area contributed by atoms with Crippen molar-refractivity contribution < 1.29 is 27.6 Å². The van der Waals surface area contributed by atoms with E-state index in [2.05, 4.69) is 20.9 Å². The first kappa shape index (κ1) is 27.2. The minimum Gasteiger partial charge on any atom is -0.351 e. The largest absolute Gasteiger partial charge is 0.431 e. The number of carbonyl (C=O) groups is 3. The van der Waals surface area contributed by atoms with E-state index >= 15 is 0 Å². The molecule has 0 unspecified atom stereocenters. The van der Waals surface area contributed by atoms with Gasteiger partial charge >= 0.3 is 6.18 Å². The van der Waals surface area contributed by atoms with E-state index in [0.717, 1.165) is 6.07 Å². The lowest BCUT2D eigenvalue weighted by Crippen LogP contribution is -2.51. The highest BCUT2D eigenvalue weighted by atomic mass is 19.4. The fourth-order valence-electron chi connectivity index (χ4n) is 4.12. The van der Waals surface area contributed by atoms with Gasteiger partial charge in [-0.1, -0.05) is 20.8 Å². The summed E-state index contributed by atoms with van der Waals surface area (Å²) < 4.78 is 39.2. The second kappa shape index (κ2) is 9.68. The second-order valence-electron chi connectivity index (χ2n) is 10.7. The van der Waals surface area contributed by atoms with Crippen molar-refractivity contribution in [3.63, 3.8) is 0 Å². The summed E-state index contributed by atoms with van der Waals surface area (Å²) in [7, 11) is 0. The molecule has 1 aromatic heterocycles. The fourth-order valence-corrected chi connectivity index (χ4v) is 4.12. The van der Waals surface area contributed by atoms with Crippen LogP contribution in [0.1, 0.15) is 75.6 Å². The summed E-state index contributed by atoms with van der Waals surface area (Å²) in [5, 5.41) is 17.4. The Kier molecular flexibility index (Phi) is 7.75. The lowest BCUT2D eigenvalue weighted by Gasteiger charge is -2.27. The molecule has 0 saturated carbocycles. The highest BCUT2D eigenvalue weighted by molar-refractivity contribution is 5.96. The molecule has 0 aliphatic carbocycles. The SMILES string of the molecule is Cc1cc(C(=O)N[C@@H](CC(C)(C)C)C(=O)N[C@H](C#N)C[C@@H]2CC(C)(C)NC2=O)[nH]c1C(F)(F)F. The molecule has 0 radical (unpaired) electrons. The molecular weight excluding hydrogens is 451 g/mol. The molecule has 0 bridgehead atoms. The van der Waals surface area contributed by atoms with E-state index in [4.69, 9.17) is 0 Å². The summed E-state index contributed by atoms with van der Waals surface area (Å²) in [6.07, 6.45) is -3.86. The monoisotopic (exact) mass is 483 g/mol. The molecule has 1 fully saturated rings. The van der Waals surface area contributed by atoms with Crippen molar-refractivity contribution in [2.24, 2.45) is 11.3 Å². The van der Waals surface area contributed by atoms with Crippen molar-refractivity contribution in [2.45, 2.75) is 84.6 Å². The molecule has 1 saturated heterocycles. The zero-order chi connectivity index (χ0) is 26.1. The summed E-state index contributed by atoms with van der Waals surface area (Å²) in [5.41, 5.74) is -2.32. The van der Waals surface area contributed by atoms with Crippen LogP contribution in [0.4, 0.5) is 13.2 Å². The topological polar surface area (TPSA) is 127 Å². The molecule has 11 heteroatoms. The Morgan fingerprint density at radius 1 is 1.26 bits per heavy atom. The maximum absolute atomic E-state index is 13.1. The number of aromatic amines is 1. The molecule has 3 amide bonds. The number of aromatic nitrogens is 1. The molecule has 0 aromatic carbocycles. The van der Waals surface area contributed by atoms with Crippen LogP contribution in [0.25, 0.3) is 0 Å². The molecule has 2 rings (SSSR count). The van der Waals surface area contributed by atoms with E-state index in [-0.39, 0.29) is 30.0 Å². The summed E-state index contributed by atoms with van der Waals surface area (Å²) in [5.74, 6) is -2.15. The number of aryl methyl sites for hydroxylation is 1. The summed E-state index contributed by atoms with van der Waals surface area (Å²) >= 11 is 0. The van der Waals surface area contributed by atoms with E-state index in [1.165, 1.54) is 6.92 Å². The number of nitrogens with zero attached hydrogens (tertiary/aromatic N) is 1. The van der Waals surface area contributed by atoms with Gasteiger partial charge in [0.2, 0.25) is 11.8 Å². The zero-order valence-electron chi connectivity index (χ0n) is 20.2. The van der Waals surface area contributed by atoms with Crippen LogP contribution in [0, 0.1) is 29.6 Å². The number of amides is 3. The molecule has 188 valence electrons. The number of nitrogens with one attached hydrogen (secondary N) is 4. The molecular formula is C23H32F3N5O3. The predicted octanol–water partition coefficient (Wildman–Crippen LogP) is 3.19. The highest BCUT2D eigenvalue weighted by Gasteiger charge is 2.39. The van der Waals surface area contributed by atoms with E-state index in [1.807, 2.05) is 40.7 Å². The number of hydrogen-bond donors (Lipinski definition) is 4. The molecule has 8 nitrogen and oxygen atoms in total. The molecule has 0 spiro atoms. The Morgan fingerprint density at radius 3 is 2.32 bits per heavy atom. The van der Waals surface area contributed by atoms with Gasteiger partial charge in [-0.3, -0.25) is 14.4 Å². The summed E-state index contributed by atoms with van der Waals surface area (Å²) in [6, 6.07) is 0.981. The van der Waals surface area contributed by atoms with Crippen molar-refractivity contribution in [1.82, 2.24) is 20.9 Å². The van der Waals surface area contributed by atoms with Crippen LogP contribution in [0.2, 0.25) is 0 Å². The second-order valence-corrected chi connectivity index (χ2v) is 10.7. The fraction of sp³-hybridized carbons (Fsp3) is 0.652. The number of alkyl halides is 3. The van der Waals surface area contributed by atoms with Gasteiger partial charge in [0.25, 0.3) is 5.91 Å². The van der Waals surface area contributed by atoms with Crippen LogP contribution >= 0.6 is 0 Å². The standard InChI is InChI=1S/C23H32F3N5O3/c1-12-7-15(29-17(12)23(24,25)26)19(33)30-16(10-21(2,3)4)20(34)28-14(11-27)8-13-9-22(5,6)31-18(13)32/h7,13-14,16,29H,8-10H2,1-6H3,(H,28,34)(H,30,33)(H,31,32)/t13-,14+,16+/m1/s1. The Morgan fingerprint density at radius 2 is 1.88 bits per heavy atom. The van der Waals surface area contributed by atoms with Crippen molar-refractivity contribution in [2.75, 3.05) is 0 Å². The van der Waals surface area contributed by atoms with Crippen LogP contribution in [0.3, 0.4) is 0 Å². The minimum atomic E-state index is -4.65. The van der Waals surface area contributed by atoms with Crippen LogP contribution in [-0.4, -0.2) is 40.3 Å². The Hall–Kier alpha value is -3.03. The van der Waals surface area contributed by atoms with Crippen LogP contribution in [-0.2, 0) is 15.8 Å². The molecule has 3 atom stereocenters. The Labute approximate surface area is 197 Å². The normalized spacial score (nSPS) is 19.6. The first-order valence-electron chi connectivity index (χ1n) is 11.0. The highest BCUT2D eigenvalue weighted by Crippen LogP contribution is 2.31. The van der Waals surface area contributed by atoms with Crippen molar-refractivity contribution in [1.29, 1.82) is 5.26 Å². The van der Waals surface area contributed by atoms with Crippen molar-refractivity contribution >= 4 is 17.7 Å². The number of carbonyl (C=O) groups excluding carboxylic acids is 3. The third-order valence-corrected chi connectivity index (χ3v) is 5.56. The van der Waals surface area contributed by atoms with Gasteiger partial charge in [-0.05, 0) is 57.1 Å². The summed E-state index contributed by atoms with van der Waals surface area (Å²) in [6.45, 7) is 10.5. The van der Waals surface area contributed by atoms with Gasteiger partial charge in [0, 0.05) is 11.5 Å². The average Bonchev–Trinajstić information content (AvgIpc) is 3.17. The zero-order valence-corrected chi connectivity index (χ0v) is 20.2. The van der Waals surface area contributed by atoms with Crippen molar-refractivity contribution in [3.8, 4) is 6.07 Å². The van der Waals surface area contributed by atoms with E-state index in [0.29, 0.717) is 6.42 Å². The number of rotatable bonds is 7. The average molecular weight is 484 g/mol. The molecule has 4 N–H and O–H groups in total. The molecule has 2 heterocycles. The van der Waals surface area contributed by atoms with Gasteiger partial charge in [-0.15, -0.1) is 0 Å². The number of halogens is 3. The van der Waals surface area contributed by atoms with Gasteiger partial charge in [0.05, 0.1) is 6.07 Å². The Bertz CT molecular complexity index is 985.